The van der Waals surface area contributed by atoms with E-state index in [1.807, 2.05) is 0 Å². The molecule has 23 heavy (non-hydrogen) atoms. The number of benzene rings is 2. The van der Waals surface area contributed by atoms with Gasteiger partial charge in [0.15, 0.2) is 0 Å². The van der Waals surface area contributed by atoms with Crippen LogP contribution in [0, 0.1) is 10.1 Å². The van der Waals surface area contributed by atoms with Crippen molar-refractivity contribution in [2.24, 2.45) is 0 Å². The second kappa shape index (κ2) is 7.05. The lowest BCUT2D eigenvalue weighted by molar-refractivity contribution is -0.383. The molecule has 1 amide bonds. The Balaban J connectivity index is 2.13. The number of halogens is 2. The summed E-state index contributed by atoms with van der Waals surface area (Å²) >= 11 is 0.394. The molecule has 3 N–H and O–H groups in total. The minimum atomic E-state index is -2.52. The van der Waals surface area contributed by atoms with E-state index in [-0.39, 0.29) is 16.9 Å². The Morgan fingerprint density at radius 1 is 1.22 bits per heavy atom. The largest absolute Gasteiger partial charge is 0.393 e. The first-order valence-electron chi connectivity index (χ1n) is 6.27. The number of anilines is 2. The van der Waals surface area contributed by atoms with E-state index in [4.69, 9.17) is 5.73 Å². The van der Waals surface area contributed by atoms with E-state index in [1.54, 1.807) is 0 Å². The van der Waals surface area contributed by atoms with Crippen molar-refractivity contribution in [3.05, 3.63) is 58.1 Å². The van der Waals surface area contributed by atoms with Gasteiger partial charge in [-0.2, -0.15) is 8.78 Å². The molecule has 6 nitrogen and oxygen atoms in total. The van der Waals surface area contributed by atoms with Crippen LogP contribution < -0.4 is 11.1 Å². The van der Waals surface area contributed by atoms with Crippen molar-refractivity contribution >= 4 is 34.7 Å². The molecule has 0 unspecified atom stereocenters. The number of rotatable bonds is 5. The summed E-state index contributed by atoms with van der Waals surface area (Å²) in [4.78, 5) is 22.6. The van der Waals surface area contributed by atoms with Crippen LogP contribution in [0.25, 0.3) is 0 Å². The van der Waals surface area contributed by atoms with Crippen LogP contribution in [0.1, 0.15) is 10.4 Å². The highest BCUT2D eigenvalue weighted by Gasteiger charge is 2.16. The number of hydrogen-bond donors (Lipinski definition) is 2. The van der Waals surface area contributed by atoms with Gasteiger partial charge in [0.2, 0.25) is 0 Å². The van der Waals surface area contributed by atoms with Crippen LogP contribution in [0.15, 0.2) is 47.4 Å². The van der Waals surface area contributed by atoms with Crippen molar-refractivity contribution in [1.82, 2.24) is 0 Å². The molecule has 2 aromatic rings. The maximum atomic E-state index is 12.2. The van der Waals surface area contributed by atoms with Gasteiger partial charge < -0.3 is 11.1 Å². The van der Waals surface area contributed by atoms with Crippen LogP contribution in [0.3, 0.4) is 0 Å². The van der Waals surface area contributed by atoms with Gasteiger partial charge in [-0.25, -0.2) is 0 Å². The van der Waals surface area contributed by atoms with E-state index in [1.165, 1.54) is 36.4 Å². The summed E-state index contributed by atoms with van der Waals surface area (Å²) in [7, 11) is 0. The molecular formula is C14H11F2N3O3S. The number of nitrogen functional groups attached to an aromatic ring is 1. The summed E-state index contributed by atoms with van der Waals surface area (Å²) in [6, 6.07) is 9.53. The maximum absolute atomic E-state index is 12.2. The fourth-order valence-electron chi connectivity index (χ4n) is 1.77. The molecule has 0 aliphatic rings. The fourth-order valence-corrected chi connectivity index (χ4v) is 2.26. The Kier molecular flexibility index (Phi) is 5.12. The predicted octanol–water partition coefficient (Wildman–Crippen LogP) is 3.74. The highest BCUT2D eigenvalue weighted by atomic mass is 32.2. The van der Waals surface area contributed by atoms with E-state index < -0.39 is 16.6 Å². The first kappa shape index (κ1) is 16.7. The van der Waals surface area contributed by atoms with Crippen molar-refractivity contribution in [1.29, 1.82) is 0 Å². The number of nitro benzene ring substituents is 1. The van der Waals surface area contributed by atoms with Gasteiger partial charge in [-0.1, -0.05) is 11.8 Å². The molecule has 0 saturated heterocycles. The van der Waals surface area contributed by atoms with Gasteiger partial charge in [-0.15, -0.1) is 0 Å². The molecule has 0 heterocycles. The summed E-state index contributed by atoms with van der Waals surface area (Å²) in [5.74, 6) is -3.09. The van der Waals surface area contributed by atoms with Crippen LogP contribution in [-0.4, -0.2) is 16.6 Å². The quantitative estimate of drug-likeness (QED) is 0.374. The van der Waals surface area contributed by atoms with Crippen LogP contribution in [-0.2, 0) is 0 Å². The lowest BCUT2D eigenvalue weighted by Gasteiger charge is -2.07. The molecule has 9 heteroatoms. The second-order valence-electron chi connectivity index (χ2n) is 4.39. The van der Waals surface area contributed by atoms with Crippen LogP contribution in [0.2, 0.25) is 0 Å². The van der Waals surface area contributed by atoms with E-state index in [0.29, 0.717) is 22.3 Å². The molecule has 0 spiro atoms. The normalized spacial score (nSPS) is 10.6. The number of nitrogens with zero attached hydrogens (tertiary/aromatic N) is 1. The van der Waals surface area contributed by atoms with Gasteiger partial charge >= 0.3 is 0 Å². The number of nitrogens with one attached hydrogen (secondary N) is 1. The molecule has 0 saturated carbocycles. The van der Waals surface area contributed by atoms with Crippen LogP contribution in [0.5, 0.6) is 0 Å². The molecule has 0 bridgehead atoms. The molecule has 0 fully saturated rings. The maximum Gasteiger partial charge on any atom is 0.292 e. The molecule has 120 valence electrons. The number of amides is 1. The first-order chi connectivity index (χ1) is 10.9. The van der Waals surface area contributed by atoms with Gasteiger partial charge in [-0.05, 0) is 36.4 Å². The molecule has 0 radical (unpaired) electrons. The van der Waals surface area contributed by atoms with Gasteiger partial charge in [-0.3, -0.25) is 14.9 Å². The van der Waals surface area contributed by atoms with Gasteiger partial charge in [0.25, 0.3) is 17.4 Å². The Morgan fingerprint density at radius 3 is 2.43 bits per heavy atom. The summed E-state index contributed by atoms with van der Waals surface area (Å²) in [5.41, 5.74) is 5.51. The second-order valence-corrected chi connectivity index (χ2v) is 5.45. The van der Waals surface area contributed by atoms with Crippen molar-refractivity contribution in [3.8, 4) is 0 Å². The fraction of sp³-hybridized carbons (Fsp3) is 0.0714. The number of nitrogens with two attached hydrogens (primary N) is 1. The minimum absolute atomic E-state index is 0.0417. The third-order valence-electron chi connectivity index (χ3n) is 2.83. The van der Waals surface area contributed by atoms with Crippen LogP contribution >= 0.6 is 11.8 Å². The predicted molar refractivity (Wildman–Crippen MR) is 83.8 cm³/mol. The summed E-state index contributed by atoms with van der Waals surface area (Å²) in [6.45, 7) is 0. The zero-order valence-electron chi connectivity index (χ0n) is 11.5. The Labute approximate surface area is 133 Å². The van der Waals surface area contributed by atoms with Crippen molar-refractivity contribution in [2.75, 3.05) is 11.1 Å². The average molecular weight is 339 g/mol. The average Bonchev–Trinajstić information content (AvgIpc) is 2.48. The number of nitro groups is 1. The zero-order valence-corrected chi connectivity index (χ0v) is 12.3. The minimum Gasteiger partial charge on any atom is -0.393 e. The Morgan fingerprint density at radius 2 is 1.87 bits per heavy atom. The number of hydrogen-bond acceptors (Lipinski definition) is 5. The van der Waals surface area contributed by atoms with Crippen LogP contribution in [0.4, 0.5) is 25.8 Å². The highest BCUT2D eigenvalue weighted by molar-refractivity contribution is 7.99. The first-order valence-corrected chi connectivity index (χ1v) is 7.15. The lowest BCUT2D eigenvalue weighted by atomic mass is 10.1. The van der Waals surface area contributed by atoms with Gasteiger partial charge in [0.1, 0.15) is 5.69 Å². The third kappa shape index (κ3) is 4.39. The third-order valence-corrected chi connectivity index (χ3v) is 3.55. The summed E-state index contributed by atoms with van der Waals surface area (Å²) < 4.78 is 24.4. The number of thioether (sulfide) groups is 1. The molecule has 2 aromatic carbocycles. The van der Waals surface area contributed by atoms with Crippen molar-refractivity contribution in [3.63, 3.8) is 0 Å². The zero-order chi connectivity index (χ0) is 17.0. The topological polar surface area (TPSA) is 98.3 Å². The Bertz CT molecular complexity index is 739. The molecular weight excluding hydrogens is 328 g/mol. The number of alkyl halides is 2. The van der Waals surface area contributed by atoms with Gasteiger partial charge in [0, 0.05) is 22.2 Å². The van der Waals surface area contributed by atoms with Crippen molar-refractivity contribution in [2.45, 2.75) is 10.7 Å². The molecule has 0 aliphatic carbocycles. The molecule has 0 aromatic heterocycles. The monoisotopic (exact) mass is 339 g/mol. The molecule has 2 rings (SSSR count). The SMILES string of the molecule is Nc1ccc(C(=O)Nc2ccc(SC(F)F)cc2)cc1[N+](=O)[O-]. The van der Waals surface area contributed by atoms with E-state index in [9.17, 15) is 23.7 Å². The number of carbonyl (C=O) groups is 1. The van der Waals surface area contributed by atoms with E-state index in [2.05, 4.69) is 5.32 Å². The van der Waals surface area contributed by atoms with Crippen molar-refractivity contribution < 1.29 is 18.5 Å². The molecule has 0 aliphatic heterocycles. The molecule has 0 atom stereocenters. The van der Waals surface area contributed by atoms with E-state index >= 15 is 0 Å². The smallest absolute Gasteiger partial charge is 0.292 e. The lowest BCUT2D eigenvalue weighted by Crippen LogP contribution is -2.12. The van der Waals surface area contributed by atoms with E-state index in [0.717, 1.165) is 6.07 Å². The highest BCUT2D eigenvalue weighted by Crippen LogP contribution is 2.27. The van der Waals surface area contributed by atoms with Gasteiger partial charge in [0.05, 0.1) is 4.92 Å². The standard InChI is InChI=1S/C14H11F2N3O3S/c15-14(16)23-10-4-2-9(3-5-10)18-13(20)8-1-6-11(17)12(7-8)19(21)22/h1-7,14H,17H2,(H,18,20). The number of carbonyl (C=O) groups excluding carboxylic acids is 1. The Hall–Kier alpha value is -2.68. The summed E-state index contributed by atoms with van der Waals surface area (Å²) in [6.07, 6.45) is 0. The summed E-state index contributed by atoms with van der Waals surface area (Å²) in [5, 5.41) is 13.3.